The highest BCUT2D eigenvalue weighted by Crippen LogP contribution is 2.28. The Labute approximate surface area is 136 Å². The van der Waals surface area contributed by atoms with Crippen LogP contribution in [-0.2, 0) is 4.79 Å². The first-order valence-corrected chi connectivity index (χ1v) is 8.20. The van der Waals surface area contributed by atoms with Crippen LogP contribution < -0.4 is 0 Å². The number of hydrogen-bond donors (Lipinski definition) is 0. The molecule has 6 heteroatoms. The minimum Gasteiger partial charge on any atom is -0.361 e. The molecule has 0 aliphatic carbocycles. The van der Waals surface area contributed by atoms with Gasteiger partial charge in [-0.1, -0.05) is 5.16 Å². The molecule has 0 radical (unpaired) electrons. The Morgan fingerprint density at radius 3 is 2.78 bits per heavy atom. The van der Waals surface area contributed by atoms with Gasteiger partial charge in [0.05, 0.1) is 17.7 Å². The number of carbonyl (C=O) groups excluding carboxylic acids is 1. The summed E-state index contributed by atoms with van der Waals surface area (Å²) in [6, 6.07) is 0.312. The lowest BCUT2D eigenvalue weighted by Gasteiger charge is -2.35. The van der Waals surface area contributed by atoms with Crippen LogP contribution in [0.3, 0.4) is 0 Å². The van der Waals surface area contributed by atoms with Gasteiger partial charge in [0.25, 0.3) is 0 Å². The number of carbonyl (C=O) groups is 1. The third kappa shape index (κ3) is 2.90. The number of rotatable bonds is 3. The molecule has 1 saturated heterocycles. The Morgan fingerprint density at radius 1 is 1.39 bits per heavy atom. The Bertz CT molecular complexity index is 684. The zero-order valence-corrected chi connectivity index (χ0v) is 14.2. The van der Waals surface area contributed by atoms with Crippen LogP contribution in [0.25, 0.3) is 0 Å². The van der Waals surface area contributed by atoms with Gasteiger partial charge in [-0.25, -0.2) is 4.98 Å². The molecule has 2 aromatic rings. The molecule has 6 nitrogen and oxygen atoms in total. The summed E-state index contributed by atoms with van der Waals surface area (Å²) >= 11 is 0. The number of aryl methyl sites for hydroxylation is 3. The van der Waals surface area contributed by atoms with Crippen LogP contribution in [0.1, 0.15) is 54.6 Å². The maximum atomic E-state index is 12.9. The van der Waals surface area contributed by atoms with Crippen LogP contribution in [0.2, 0.25) is 0 Å². The molecule has 1 aliphatic rings. The van der Waals surface area contributed by atoms with Crippen molar-refractivity contribution in [1.29, 1.82) is 0 Å². The molecule has 1 aliphatic heterocycles. The van der Waals surface area contributed by atoms with E-state index in [4.69, 9.17) is 4.52 Å². The van der Waals surface area contributed by atoms with Gasteiger partial charge in [-0.15, -0.1) is 0 Å². The summed E-state index contributed by atoms with van der Waals surface area (Å²) in [5.74, 6) is 1.68. The predicted molar refractivity (Wildman–Crippen MR) is 86.2 cm³/mol. The smallest absolute Gasteiger partial charge is 0.230 e. The zero-order chi connectivity index (χ0) is 16.6. The number of piperidine rings is 1. The van der Waals surface area contributed by atoms with Crippen LogP contribution >= 0.6 is 0 Å². The van der Waals surface area contributed by atoms with E-state index in [1.165, 1.54) is 0 Å². The molecule has 0 aromatic carbocycles. The van der Waals surface area contributed by atoms with Crippen molar-refractivity contribution in [2.24, 2.45) is 0 Å². The van der Waals surface area contributed by atoms with E-state index < -0.39 is 0 Å². The number of hydrogen-bond acceptors (Lipinski definition) is 4. The lowest BCUT2D eigenvalue weighted by molar-refractivity contribution is -0.134. The summed E-state index contributed by atoms with van der Waals surface area (Å²) < 4.78 is 7.40. The molecule has 0 saturated carbocycles. The van der Waals surface area contributed by atoms with E-state index >= 15 is 0 Å². The van der Waals surface area contributed by atoms with E-state index in [0.29, 0.717) is 6.04 Å². The lowest BCUT2D eigenvalue weighted by atomic mass is 9.96. The third-order valence-corrected chi connectivity index (χ3v) is 4.86. The van der Waals surface area contributed by atoms with Crippen LogP contribution in [0, 0.1) is 20.8 Å². The maximum absolute atomic E-state index is 12.9. The van der Waals surface area contributed by atoms with Gasteiger partial charge < -0.3 is 14.0 Å². The fourth-order valence-corrected chi connectivity index (χ4v) is 3.66. The quantitative estimate of drug-likeness (QED) is 0.873. The highest BCUT2D eigenvalue weighted by molar-refractivity contribution is 5.84. The molecule has 0 spiro atoms. The number of nitrogens with zero attached hydrogens (tertiary/aromatic N) is 4. The monoisotopic (exact) mass is 316 g/mol. The molecule has 0 N–H and O–H groups in total. The molecule has 3 rings (SSSR count). The van der Waals surface area contributed by atoms with E-state index in [1.807, 2.05) is 45.0 Å². The van der Waals surface area contributed by atoms with Crippen molar-refractivity contribution in [3.05, 3.63) is 35.2 Å². The topological polar surface area (TPSA) is 64.2 Å². The SMILES string of the molecule is Cc1noc(C)c1C(C)C(=O)N1CCCC(n2ccnc2C)C1. The van der Waals surface area contributed by atoms with Gasteiger partial charge in [0, 0.05) is 31.0 Å². The second-order valence-corrected chi connectivity index (χ2v) is 6.42. The average Bonchev–Trinajstić information content (AvgIpc) is 3.12. The highest BCUT2D eigenvalue weighted by Gasteiger charge is 2.31. The molecule has 2 atom stereocenters. The summed E-state index contributed by atoms with van der Waals surface area (Å²) in [6.45, 7) is 9.27. The first kappa shape index (κ1) is 15.8. The Hall–Kier alpha value is -2.11. The number of aromatic nitrogens is 3. The third-order valence-electron chi connectivity index (χ3n) is 4.86. The largest absolute Gasteiger partial charge is 0.361 e. The first-order chi connectivity index (χ1) is 11.0. The van der Waals surface area contributed by atoms with Crippen LogP contribution in [0.5, 0.6) is 0 Å². The Balaban J connectivity index is 1.76. The second kappa shape index (κ2) is 6.18. The number of likely N-dealkylation sites (tertiary alicyclic amines) is 1. The lowest BCUT2D eigenvalue weighted by Crippen LogP contribution is -2.42. The maximum Gasteiger partial charge on any atom is 0.230 e. The van der Waals surface area contributed by atoms with Gasteiger partial charge >= 0.3 is 0 Å². The molecule has 1 amide bonds. The van der Waals surface area contributed by atoms with Crippen LogP contribution in [0.15, 0.2) is 16.9 Å². The summed E-state index contributed by atoms with van der Waals surface area (Å²) in [5, 5.41) is 3.97. The summed E-state index contributed by atoms with van der Waals surface area (Å²) in [6.07, 6.45) is 5.93. The van der Waals surface area contributed by atoms with Crippen molar-refractivity contribution in [1.82, 2.24) is 19.6 Å². The number of imidazole rings is 1. The van der Waals surface area contributed by atoms with Gasteiger partial charge in [0.15, 0.2) is 0 Å². The van der Waals surface area contributed by atoms with Gasteiger partial charge in [-0.05, 0) is 40.5 Å². The second-order valence-electron chi connectivity index (χ2n) is 6.42. The van der Waals surface area contributed by atoms with Gasteiger partial charge in [-0.3, -0.25) is 4.79 Å². The summed E-state index contributed by atoms with van der Waals surface area (Å²) in [5.41, 5.74) is 1.73. The molecule has 2 unspecified atom stereocenters. The van der Waals surface area contributed by atoms with Crippen molar-refractivity contribution < 1.29 is 9.32 Å². The first-order valence-electron chi connectivity index (χ1n) is 8.20. The standard InChI is InChI=1S/C17H24N4O2/c1-11(16-12(2)19-23-13(16)3)17(22)20-8-5-6-15(10-20)21-9-7-18-14(21)4/h7,9,11,15H,5-6,8,10H2,1-4H3. The van der Waals surface area contributed by atoms with Crippen molar-refractivity contribution in [3.63, 3.8) is 0 Å². The Kier molecular flexibility index (Phi) is 4.24. The van der Waals surface area contributed by atoms with Crippen LogP contribution in [0.4, 0.5) is 0 Å². The van der Waals surface area contributed by atoms with Gasteiger partial charge in [0.1, 0.15) is 11.6 Å². The van der Waals surface area contributed by atoms with Crippen molar-refractivity contribution in [2.45, 2.75) is 52.5 Å². The number of amides is 1. The zero-order valence-electron chi connectivity index (χ0n) is 14.2. The van der Waals surface area contributed by atoms with Crippen molar-refractivity contribution in [2.75, 3.05) is 13.1 Å². The minimum atomic E-state index is -0.219. The summed E-state index contributed by atoms with van der Waals surface area (Å²) in [4.78, 5) is 19.2. The van der Waals surface area contributed by atoms with E-state index in [9.17, 15) is 4.79 Å². The molecule has 3 heterocycles. The molecule has 1 fully saturated rings. The molecule has 23 heavy (non-hydrogen) atoms. The molecule has 0 bridgehead atoms. The molecular formula is C17H24N4O2. The highest BCUT2D eigenvalue weighted by atomic mass is 16.5. The Morgan fingerprint density at radius 2 is 2.17 bits per heavy atom. The fraction of sp³-hybridized carbons (Fsp3) is 0.588. The van der Waals surface area contributed by atoms with E-state index in [1.54, 1.807) is 0 Å². The van der Waals surface area contributed by atoms with Crippen molar-refractivity contribution >= 4 is 5.91 Å². The normalized spacial score (nSPS) is 19.8. The molecule has 2 aromatic heterocycles. The van der Waals surface area contributed by atoms with Gasteiger partial charge in [-0.2, -0.15) is 0 Å². The van der Waals surface area contributed by atoms with Gasteiger partial charge in [0.2, 0.25) is 5.91 Å². The van der Waals surface area contributed by atoms with E-state index in [-0.39, 0.29) is 11.8 Å². The predicted octanol–water partition coefficient (Wildman–Crippen LogP) is 2.76. The average molecular weight is 316 g/mol. The van der Waals surface area contributed by atoms with E-state index in [2.05, 4.69) is 14.7 Å². The van der Waals surface area contributed by atoms with Crippen LogP contribution in [-0.4, -0.2) is 38.6 Å². The molecule has 124 valence electrons. The van der Waals surface area contributed by atoms with Crippen molar-refractivity contribution in [3.8, 4) is 0 Å². The minimum absolute atomic E-state index is 0.155. The van der Waals surface area contributed by atoms with E-state index in [0.717, 1.165) is 48.8 Å². The molecular weight excluding hydrogens is 292 g/mol. The summed E-state index contributed by atoms with van der Waals surface area (Å²) in [7, 11) is 0. The fourth-order valence-electron chi connectivity index (χ4n) is 3.66.